The molecular formula is C11H7Cl2NO2. The van der Waals surface area contributed by atoms with Gasteiger partial charge in [0.1, 0.15) is 5.15 Å². The summed E-state index contributed by atoms with van der Waals surface area (Å²) in [4.78, 5) is 15.6. The molecule has 2 aromatic rings. The number of methoxy groups -OCH3 is 1. The molecule has 5 heteroatoms. The number of halogens is 2. The van der Waals surface area contributed by atoms with Gasteiger partial charge in [-0.3, -0.25) is 0 Å². The average Bonchev–Trinajstić information content (AvgIpc) is 2.26. The Balaban J connectivity index is 2.77. The molecule has 0 aliphatic rings. The summed E-state index contributed by atoms with van der Waals surface area (Å²) in [6, 6.07) is 6.53. The van der Waals surface area contributed by atoms with Gasteiger partial charge < -0.3 is 4.74 Å². The third-order valence-electron chi connectivity index (χ3n) is 2.15. The van der Waals surface area contributed by atoms with Crippen molar-refractivity contribution in [3.05, 3.63) is 40.0 Å². The number of ether oxygens (including phenoxy) is 1. The molecule has 0 aliphatic carbocycles. The lowest BCUT2D eigenvalue weighted by molar-refractivity contribution is 0.0603. The summed E-state index contributed by atoms with van der Waals surface area (Å²) in [5.74, 6) is -0.448. The largest absolute Gasteiger partial charge is 0.465 e. The summed E-state index contributed by atoms with van der Waals surface area (Å²) >= 11 is 11.7. The van der Waals surface area contributed by atoms with E-state index in [1.54, 1.807) is 18.2 Å². The Labute approximate surface area is 102 Å². The van der Waals surface area contributed by atoms with Crippen LogP contribution >= 0.6 is 23.2 Å². The van der Waals surface area contributed by atoms with Crippen LogP contribution in [0.2, 0.25) is 10.2 Å². The lowest BCUT2D eigenvalue weighted by atomic mass is 10.1. The van der Waals surface area contributed by atoms with Crippen molar-refractivity contribution in [1.29, 1.82) is 0 Å². The van der Waals surface area contributed by atoms with Crippen LogP contribution in [0.5, 0.6) is 0 Å². The Morgan fingerprint density at radius 1 is 1.31 bits per heavy atom. The van der Waals surface area contributed by atoms with Crippen molar-refractivity contribution in [2.45, 2.75) is 0 Å². The van der Waals surface area contributed by atoms with E-state index in [4.69, 9.17) is 23.2 Å². The van der Waals surface area contributed by atoms with Gasteiger partial charge in [0.05, 0.1) is 18.2 Å². The zero-order valence-electron chi connectivity index (χ0n) is 8.33. The number of carbonyl (C=O) groups excluding carboxylic acids is 1. The molecule has 16 heavy (non-hydrogen) atoms. The van der Waals surface area contributed by atoms with Crippen molar-refractivity contribution in [1.82, 2.24) is 4.98 Å². The summed E-state index contributed by atoms with van der Waals surface area (Å²) in [5.41, 5.74) is 0.953. The second-order valence-electron chi connectivity index (χ2n) is 3.15. The molecule has 0 radical (unpaired) electrons. The minimum absolute atomic E-state index is 0.232. The Morgan fingerprint density at radius 2 is 2.06 bits per heavy atom. The minimum atomic E-state index is -0.448. The molecule has 82 valence electrons. The van der Waals surface area contributed by atoms with Gasteiger partial charge in [0.25, 0.3) is 0 Å². The van der Waals surface area contributed by atoms with Crippen molar-refractivity contribution in [3.63, 3.8) is 0 Å². The van der Waals surface area contributed by atoms with E-state index in [0.717, 1.165) is 0 Å². The summed E-state index contributed by atoms with van der Waals surface area (Å²) in [5, 5.41) is 1.44. The molecule has 0 aliphatic heterocycles. The first-order valence-electron chi connectivity index (χ1n) is 4.46. The zero-order chi connectivity index (χ0) is 11.7. The van der Waals surface area contributed by atoms with E-state index >= 15 is 0 Å². The van der Waals surface area contributed by atoms with Gasteiger partial charge in [-0.1, -0.05) is 29.3 Å². The first-order valence-corrected chi connectivity index (χ1v) is 5.21. The second-order valence-corrected chi connectivity index (χ2v) is 3.97. The average molecular weight is 256 g/mol. The fourth-order valence-electron chi connectivity index (χ4n) is 1.45. The van der Waals surface area contributed by atoms with Crippen LogP contribution in [-0.2, 0) is 4.74 Å². The molecule has 1 heterocycles. The van der Waals surface area contributed by atoms with Crippen molar-refractivity contribution < 1.29 is 9.53 Å². The normalized spacial score (nSPS) is 10.4. The lowest BCUT2D eigenvalue weighted by Gasteiger charge is -2.05. The number of benzene rings is 1. The van der Waals surface area contributed by atoms with Gasteiger partial charge in [0, 0.05) is 10.4 Å². The molecule has 0 N–H and O–H groups in total. The number of aromatic nitrogens is 1. The Hall–Kier alpha value is -1.32. The van der Waals surface area contributed by atoms with Crippen LogP contribution in [0.4, 0.5) is 0 Å². The highest BCUT2D eigenvalue weighted by Crippen LogP contribution is 2.24. The van der Waals surface area contributed by atoms with E-state index in [0.29, 0.717) is 21.5 Å². The maximum atomic E-state index is 11.5. The number of nitrogens with zero attached hydrogens (tertiary/aromatic N) is 1. The van der Waals surface area contributed by atoms with Gasteiger partial charge in [-0.15, -0.1) is 0 Å². The van der Waals surface area contributed by atoms with Crippen molar-refractivity contribution in [2.75, 3.05) is 7.11 Å². The maximum Gasteiger partial charge on any atom is 0.338 e. The minimum Gasteiger partial charge on any atom is -0.465 e. The molecule has 1 aromatic heterocycles. The van der Waals surface area contributed by atoms with Crippen LogP contribution in [0, 0.1) is 0 Å². The molecule has 0 saturated heterocycles. The fourth-order valence-corrected chi connectivity index (χ4v) is 1.81. The number of esters is 1. The summed E-state index contributed by atoms with van der Waals surface area (Å²) < 4.78 is 4.67. The molecule has 0 amide bonds. The quantitative estimate of drug-likeness (QED) is 0.580. The Kier molecular flexibility index (Phi) is 2.99. The Bertz CT molecular complexity index is 564. The van der Waals surface area contributed by atoms with Gasteiger partial charge in [-0.05, 0) is 18.2 Å². The molecule has 0 unspecified atom stereocenters. The van der Waals surface area contributed by atoms with Gasteiger partial charge in [0.2, 0.25) is 0 Å². The second kappa shape index (κ2) is 4.28. The summed E-state index contributed by atoms with van der Waals surface area (Å²) in [6.07, 6.45) is 0. The van der Waals surface area contributed by atoms with Crippen LogP contribution in [0.25, 0.3) is 10.9 Å². The molecule has 2 rings (SSSR count). The van der Waals surface area contributed by atoms with Crippen LogP contribution < -0.4 is 0 Å². The molecule has 1 aromatic carbocycles. The topological polar surface area (TPSA) is 39.2 Å². The molecule has 0 fully saturated rings. The molecule has 0 atom stereocenters. The highest BCUT2D eigenvalue weighted by molar-refractivity contribution is 6.32. The van der Waals surface area contributed by atoms with Crippen molar-refractivity contribution in [2.24, 2.45) is 0 Å². The van der Waals surface area contributed by atoms with Crippen LogP contribution in [-0.4, -0.2) is 18.1 Å². The number of hydrogen-bond donors (Lipinski definition) is 0. The number of carbonyl (C=O) groups is 1. The molecule has 0 spiro atoms. The lowest BCUT2D eigenvalue weighted by Crippen LogP contribution is -2.03. The SMILES string of the molecule is COC(=O)c1cc(Cl)nc2cc(Cl)ccc12. The molecule has 0 saturated carbocycles. The maximum absolute atomic E-state index is 11.5. The first kappa shape index (κ1) is 11.2. The number of rotatable bonds is 1. The van der Waals surface area contributed by atoms with Crippen molar-refractivity contribution >= 4 is 40.1 Å². The molecule has 0 bridgehead atoms. The van der Waals surface area contributed by atoms with E-state index in [9.17, 15) is 4.79 Å². The van der Waals surface area contributed by atoms with E-state index in [1.807, 2.05) is 0 Å². The predicted molar refractivity (Wildman–Crippen MR) is 63.1 cm³/mol. The summed E-state index contributed by atoms with van der Waals surface area (Å²) in [6.45, 7) is 0. The number of pyridine rings is 1. The van der Waals surface area contributed by atoms with Gasteiger partial charge in [0.15, 0.2) is 0 Å². The van der Waals surface area contributed by atoms with E-state index in [-0.39, 0.29) is 5.15 Å². The fraction of sp³-hybridized carbons (Fsp3) is 0.0909. The molecule has 3 nitrogen and oxygen atoms in total. The van der Waals surface area contributed by atoms with Crippen molar-refractivity contribution in [3.8, 4) is 0 Å². The number of fused-ring (bicyclic) bond motifs is 1. The van der Waals surface area contributed by atoms with Gasteiger partial charge in [-0.25, -0.2) is 9.78 Å². The first-order chi connectivity index (χ1) is 7.61. The predicted octanol–water partition coefficient (Wildman–Crippen LogP) is 3.33. The van der Waals surface area contributed by atoms with Gasteiger partial charge in [-0.2, -0.15) is 0 Å². The zero-order valence-corrected chi connectivity index (χ0v) is 9.84. The van der Waals surface area contributed by atoms with Gasteiger partial charge >= 0.3 is 5.97 Å². The van der Waals surface area contributed by atoms with E-state index in [1.165, 1.54) is 13.2 Å². The van der Waals surface area contributed by atoms with Crippen LogP contribution in [0.15, 0.2) is 24.3 Å². The molecular weight excluding hydrogens is 249 g/mol. The van der Waals surface area contributed by atoms with E-state index in [2.05, 4.69) is 9.72 Å². The summed E-state index contributed by atoms with van der Waals surface area (Å²) in [7, 11) is 1.32. The highest BCUT2D eigenvalue weighted by atomic mass is 35.5. The van der Waals surface area contributed by atoms with Crippen LogP contribution in [0.1, 0.15) is 10.4 Å². The standard InChI is InChI=1S/C11H7Cl2NO2/c1-16-11(15)8-5-10(13)14-9-4-6(12)2-3-7(8)9/h2-5H,1H3. The number of hydrogen-bond acceptors (Lipinski definition) is 3. The van der Waals surface area contributed by atoms with E-state index < -0.39 is 5.97 Å². The monoisotopic (exact) mass is 255 g/mol. The smallest absolute Gasteiger partial charge is 0.338 e. The highest BCUT2D eigenvalue weighted by Gasteiger charge is 2.12. The van der Waals surface area contributed by atoms with Crippen LogP contribution in [0.3, 0.4) is 0 Å². The third kappa shape index (κ3) is 1.96. The Morgan fingerprint density at radius 3 is 2.75 bits per heavy atom. The third-order valence-corrected chi connectivity index (χ3v) is 2.57.